The SMILES string of the molecule is CC(C)=CCc1c(CO)ccc(/C=C/C(=O)NO)c1OCc1ccc(F)cc1. The van der Waals surface area contributed by atoms with Crippen molar-refractivity contribution < 1.29 is 24.2 Å². The number of amides is 1. The Morgan fingerprint density at radius 3 is 2.50 bits per heavy atom. The molecule has 6 heteroatoms. The summed E-state index contributed by atoms with van der Waals surface area (Å²) in [7, 11) is 0. The number of allylic oxidation sites excluding steroid dienone is 2. The van der Waals surface area contributed by atoms with Gasteiger partial charge in [0.15, 0.2) is 0 Å². The first-order valence-corrected chi connectivity index (χ1v) is 8.83. The predicted octanol–water partition coefficient (Wildman–Crippen LogP) is 3.92. The van der Waals surface area contributed by atoms with Gasteiger partial charge in [0, 0.05) is 17.2 Å². The smallest absolute Gasteiger partial charge is 0.267 e. The number of hydrogen-bond donors (Lipinski definition) is 3. The monoisotopic (exact) mass is 385 g/mol. The molecule has 0 fully saturated rings. The number of hydrogen-bond acceptors (Lipinski definition) is 4. The molecule has 0 radical (unpaired) electrons. The summed E-state index contributed by atoms with van der Waals surface area (Å²) in [6.07, 6.45) is 5.28. The van der Waals surface area contributed by atoms with E-state index in [1.807, 2.05) is 19.9 Å². The van der Waals surface area contributed by atoms with Crippen LogP contribution in [0.15, 0.2) is 54.1 Å². The van der Waals surface area contributed by atoms with E-state index in [2.05, 4.69) is 0 Å². The Labute approximate surface area is 163 Å². The number of aliphatic hydroxyl groups excluding tert-OH is 1. The van der Waals surface area contributed by atoms with Crippen LogP contribution >= 0.6 is 0 Å². The Morgan fingerprint density at radius 2 is 1.89 bits per heavy atom. The average Bonchev–Trinajstić information content (AvgIpc) is 2.69. The van der Waals surface area contributed by atoms with Crippen molar-refractivity contribution >= 4 is 12.0 Å². The number of carbonyl (C=O) groups excluding carboxylic acids is 1. The predicted molar refractivity (Wildman–Crippen MR) is 105 cm³/mol. The molecule has 0 spiro atoms. The van der Waals surface area contributed by atoms with Gasteiger partial charge in [0.25, 0.3) is 5.91 Å². The molecule has 2 aromatic rings. The van der Waals surface area contributed by atoms with Crippen molar-refractivity contribution in [1.29, 1.82) is 0 Å². The van der Waals surface area contributed by atoms with Gasteiger partial charge in [-0.1, -0.05) is 35.9 Å². The molecule has 0 aliphatic heterocycles. The third-order valence-electron chi connectivity index (χ3n) is 4.09. The van der Waals surface area contributed by atoms with E-state index in [0.717, 1.165) is 22.3 Å². The second-order valence-corrected chi connectivity index (χ2v) is 6.49. The summed E-state index contributed by atoms with van der Waals surface area (Å²) in [5, 5.41) is 18.4. The highest BCUT2D eigenvalue weighted by Crippen LogP contribution is 2.31. The molecule has 0 bridgehead atoms. The van der Waals surface area contributed by atoms with E-state index in [0.29, 0.717) is 17.7 Å². The Morgan fingerprint density at radius 1 is 1.18 bits per heavy atom. The average molecular weight is 385 g/mol. The van der Waals surface area contributed by atoms with Crippen LogP contribution in [-0.2, 0) is 24.4 Å². The maximum atomic E-state index is 13.1. The third kappa shape index (κ3) is 6.04. The molecule has 0 aliphatic carbocycles. The van der Waals surface area contributed by atoms with E-state index < -0.39 is 5.91 Å². The van der Waals surface area contributed by atoms with Crippen molar-refractivity contribution in [2.24, 2.45) is 0 Å². The summed E-state index contributed by atoms with van der Waals surface area (Å²) < 4.78 is 19.1. The van der Waals surface area contributed by atoms with Crippen LogP contribution in [-0.4, -0.2) is 16.2 Å². The zero-order chi connectivity index (χ0) is 20.5. The van der Waals surface area contributed by atoms with Crippen LogP contribution in [0.3, 0.4) is 0 Å². The molecule has 5 nitrogen and oxygen atoms in total. The fraction of sp³-hybridized carbons (Fsp3) is 0.227. The standard InChI is InChI=1S/C22H24FNO4/c1-15(2)3-11-20-18(13-25)7-6-17(8-12-21(26)24-27)22(20)28-14-16-4-9-19(23)10-5-16/h3-10,12,25,27H,11,13-14H2,1-2H3,(H,24,26)/b12-8+. The molecular formula is C22H24FNO4. The molecule has 0 aliphatic rings. The van der Waals surface area contributed by atoms with Gasteiger partial charge < -0.3 is 9.84 Å². The Hall–Kier alpha value is -2.96. The van der Waals surface area contributed by atoms with Crippen LogP contribution in [0.5, 0.6) is 5.75 Å². The number of carbonyl (C=O) groups is 1. The van der Waals surface area contributed by atoms with Crippen molar-refractivity contribution in [2.45, 2.75) is 33.5 Å². The lowest BCUT2D eigenvalue weighted by atomic mass is 9.98. The zero-order valence-corrected chi connectivity index (χ0v) is 15.9. The van der Waals surface area contributed by atoms with Gasteiger partial charge in [-0.15, -0.1) is 0 Å². The van der Waals surface area contributed by atoms with Gasteiger partial charge in [-0.05, 0) is 49.6 Å². The first-order chi connectivity index (χ1) is 13.4. The minimum atomic E-state index is -0.665. The molecule has 2 rings (SSSR count). The Balaban J connectivity index is 2.44. The van der Waals surface area contributed by atoms with Crippen LogP contribution in [0.25, 0.3) is 6.08 Å². The lowest BCUT2D eigenvalue weighted by Crippen LogP contribution is -2.14. The third-order valence-corrected chi connectivity index (χ3v) is 4.09. The summed E-state index contributed by atoms with van der Waals surface area (Å²) in [6, 6.07) is 9.50. The van der Waals surface area contributed by atoms with Gasteiger partial charge in [-0.3, -0.25) is 10.0 Å². The number of nitrogens with one attached hydrogen (secondary N) is 1. The van der Waals surface area contributed by atoms with E-state index in [4.69, 9.17) is 9.94 Å². The van der Waals surface area contributed by atoms with E-state index in [1.54, 1.807) is 29.7 Å². The van der Waals surface area contributed by atoms with Crippen LogP contribution in [0.1, 0.15) is 36.1 Å². The summed E-state index contributed by atoms with van der Waals surface area (Å²) in [5.74, 6) is -0.467. The van der Waals surface area contributed by atoms with Crippen LogP contribution in [0.4, 0.5) is 4.39 Å². The number of ether oxygens (including phenoxy) is 1. The van der Waals surface area contributed by atoms with Crippen molar-refractivity contribution in [3.8, 4) is 5.75 Å². The number of hydroxylamine groups is 1. The molecule has 0 heterocycles. The van der Waals surface area contributed by atoms with Crippen LogP contribution in [0, 0.1) is 5.82 Å². The number of aliphatic hydroxyl groups is 1. The molecule has 1 amide bonds. The molecule has 148 valence electrons. The van der Waals surface area contributed by atoms with Crippen LogP contribution < -0.4 is 10.2 Å². The molecule has 3 N–H and O–H groups in total. The number of benzene rings is 2. The van der Waals surface area contributed by atoms with Gasteiger partial charge in [-0.2, -0.15) is 0 Å². The van der Waals surface area contributed by atoms with E-state index in [9.17, 15) is 14.3 Å². The van der Waals surface area contributed by atoms with Crippen molar-refractivity contribution in [3.05, 3.63) is 82.2 Å². The summed E-state index contributed by atoms with van der Waals surface area (Å²) >= 11 is 0. The lowest BCUT2D eigenvalue weighted by molar-refractivity contribution is -0.124. The van der Waals surface area contributed by atoms with E-state index in [1.165, 1.54) is 24.3 Å². The number of rotatable bonds is 8. The molecule has 0 unspecified atom stereocenters. The van der Waals surface area contributed by atoms with Crippen molar-refractivity contribution in [1.82, 2.24) is 5.48 Å². The second-order valence-electron chi connectivity index (χ2n) is 6.49. The molecule has 0 saturated heterocycles. The molecule has 0 atom stereocenters. The van der Waals surface area contributed by atoms with Gasteiger partial charge in [-0.25, -0.2) is 9.87 Å². The Bertz CT molecular complexity index is 869. The topological polar surface area (TPSA) is 78.8 Å². The first kappa shape index (κ1) is 21.3. The maximum absolute atomic E-state index is 13.1. The van der Waals surface area contributed by atoms with Gasteiger partial charge in [0.05, 0.1) is 6.61 Å². The zero-order valence-electron chi connectivity index (χ0n) is 15.9. The van der Waals surface area contributed by atoms with Gasteiger partial charge in [0.2, 0.25) is 0 Å². The fourth-order valence-electron chi connectivity index (χ4n) is 2.61. The normalized spacial score (nSPS) is 10.8. The maximum Gasteiger partial charge on any atom is 0.267 e. The molecular weight excluding hydrogens is 361 g/mol. The fourth-order valence-corrected chi connectivity index (χ4v) is 2.61. The molecule has 0 aromatic heterocycles. The highest BCUT2D eigenvalue weighted by atomic mass is 19.1. The van der Waals surface area contributed by atoms with Crippen LogP contribution in [0.2, 0.25) is 0 Å². The molecule has 28 heavy (non-hydrogen) atoms. The lowest BCUT2D eigenvalue weighted by Gasteiger charge is -2.17. The largest absolute Gasteiger partial charge is 0.488 e. The van der Waals surface area contributed by atoms with Crippen molar-refractivity contribution in [3.63, 3.8) is 0 Å². The first-order valence-electron chi connectivity index (χ1n) is 8.83. The minimum absolute atomic E-state index is 0.153. The second kappa shape index (κ2) is 10.4. The van der Waals surface area contributed by atoms with Crippen molar-refractivity contribution in [2.75, 3.05) is 0 Å². The highest BCUT2D eigenvalue weighted by molar-refractivity contribution is 5.91. The van der Waals surface area contributed by atoms with Gasteiger partial charge in [0.1, 0.15) is 18.2 Å². The summed E-state index contributed by atoms with van der Waals surface area (Å²) in [4.78, 5) is 11.4. The highest BCUT2D eigenvalue weighted by Gasteiger charge is 2.13. The minimum Gasteiger partial charge on any atom is -0.488 e. The Kier molecular flexibility index (Phi) is 7.92. The number of halogens is 1. The summed E-state index contributed by atoms with van der Waals surface area (Å²) in [5.41, 5.74) is 5.59. The quantitative estimate of drug-likeness (QED) is 0.278. The molecule has 2 aromatic carbocycles. The van der Waals surface area contributed by atoms with E-state index in [-0.39, 0.29) is 19.0 Å². The summed E-state index contributed by atoms with van der Waals surface area (Å²) in [6.45, 7) is 4.00. The molecule has 0 saturated carbocycles. The van der Waals surface area contributed by atoms with Gasteiger partial charge >= 0.3 is 0 Å². The van der Waals surface area contributed by atoms with E-state index >= 15 is 0 Å².